The predicted octanol–water partition coefficient (Wildman–Crippen LogP) is -0.975. The van der Waals surface area contributed by atoms with E-state index >= 15 is 0 Å². The van der Waals surface area contributed by atoms with Crippen molar-refractivity contribution < 1.29 is 14.7 Å². The van der Waals surface area contributed by atoms with E-state index in [2.05, 4.69) is 4.90 Å². The number of rotatable bonds is 4. The summed E-state index contributed by atoms with van der Waals surface area (Å²) in [6.07, 6.45) is 2.59. The lowest BCUT2D eigenvalue weighted by atomic mass is 9.97. The van der Waals surface area contributed by atoms with Crippen molar-refractivity contribution in [3.63, 3.8) is 0 Å². The molecular weight excluding hydrogens is 246 g/mol. The van der Waals surface area contributed by atoms with Crippen molar-refractivity contribution in [1.29, 1.82) is 0 Å². The van der Waals surface area contributed by atoms with Crippen LogP contribution in [0.15, 0.2) is 0 Å². The van der Waals surface area contributed by atoms with Gasteiger partial charge in [-0.15, -0.1) is 0 Å². The minimum absolute atomic E-state index is 0.0736. The molecule has 2 aliphatic heterocycles. The molecule has 0 bridgehead atoms. The molecule has 0 spiro atoms. The molecule has 6 heteroatoms. The van der Waals surface area contributed by atoms with Crippen molar-refractivity contribution in [2.45, 2.75) is 19.3 Å². The minimum atomic E-state index is -0.306. The predicted molar refractivity (Wildman–Crippen MR) is 70.1 cm³/mol. The van der Waals surface area contributed by atoms with Crippen LogP contribution in [-0.4, -0.2) is 66.1 Å². The largest absolute Gasteiger partial charge is 0.396 e. The molecule has 0 aromatic rings. The normalized spacial score (nSPS) is 28.6. The summed E-state index contributed by atoms with van der Waals surface area (Å²) in [5.41, 5.74) is 5.31. The van der Waals surface area contributed by atoms with Crippen molar-refractivity contribution in [3.8, 4) is 0 Å². The van der Waals surface area contributed by atoms with Crippen molar-refractivity contribution >= 4 is 11.8 Å². The molecule has 2 unspecified atom stereocenters. The van der Waals surface area contributed by atoms with Crippen molar-refractivity contribution in [2.75, 3.05) is 39.3 Å². The summed E-state index contributed by atoms with van der Waals surface area (Å²) in [5.74, 6) is -0.127. The molecule has 3 N–H and O–H groups in total. The van der Waals surface area contributed by atoms with Crippen LogP contribution in [0.25, 0.3) is 0 Å². The van der Waals surface area contributed by atoms with Crippen LogP contribution in [-0.2, 0) is 9.59 Å². The van der Waals surface area contributed by atoms with E-state index in [1.165, 1.54) is 0 Å². The van der Waals surface area contributed by atoms with Crippen LogP contribution in [0, 0.1) is 11.8 Å². The zero-order chi connectivity index (χ0) is 13.8. The van der Waals surface area contributed by atoms with Gasteiger partial charge in [-0.05, 0) is 31.7 Å². The molecule has 2 fully saturated rings. The smallest absolute Gasteiger partial charge is 0.236 e. The lowest BCUT2D eigenvalue weighted by Crippen LogP contribution is -2.47. The second-order valence-electron chi connectivity index (χ2n) is 5.65. The molecule has 0 aromatic carbocycles. The Morgan fingerprint density at radius 1 is 1.21 bits per heavy atom. The highest BCUT2D eigenvalue weighted by atomic mass is 16.3. The number of piperidine rings is 1. The Morgan fingerprint density at radius 3 is 2.63 bits per heavy atom. The molecule has 0 aliphatic carbocycles. The highest BCUT2D eigenvalue weighted by Crippen LogP contribution is 2.18. The third-order valence-corrected chi connectivity index (χ3v) is 4.16. The number of aliphatic hydroxyl groups is 1. The molecule has 6 nitrogen and oxygen atoms in total. The van der Waals surface area contributed by atoms with E-state index in [1.54, 1.807) is 4.90 Å². The quantitative estimate of drug-likeness (QED) is 0.687. The van der Waals surface area contributed by atoms with E-state index in [-0.39, 0.29) is 24.3 Å². The maximum Gasteiger partial charge on any atom is 0.236 e. The first-order valence-electron chi connectivity index (χ1n) is 7.00. The third kappa shape index (κ3) is 3.67. The molecule has 0 saturated carbocycles. The van der Waals surface area contributed by atoms with E-state index in [0.29, 0.717) is 19.0 Å². The van der Waals surface area contributed by atoms with Crippen LogP contribution < -0.4 is 5.73 Å². The second kappa shape index (κ2) is 6.34. The number of aliphatic hydroxyl groups excluding tert-OH is 1. The Morgan fingerprint density at radius 2 is 2.00 bits per heavy atom. The lowest BCUT2D eigenvalue weighted by molar-refractivity contribution is -0.135. The van der Waals surface area contributed by atoms with Crippen LogP contribution in [0.5, 0.6) is 0 Å². The van der Waals surface area contributed by atoms with Gasteiger partial charge in [0.15, 0.2) is 0 Å². The molecule has 2 rings (SSSR count). The Labute approximate surface area is 113 Å². The summed E-state index contributed by atoms with van der Waals surface area (Å²) in [4.78, 5) is 27.2. The molecule has 2 heterocycles. The first-order valence-corrected chi connectivity index (χ1v) is 7.00. The van der Waals surface area contributed by atoms with E-state index in [9.17, 15) is 9.59 Å². The van der Waals surface area contributed by atoms with Crippen LogP contribution in [0.1, 0.15) is 19.3 Å². The van der Waals surface area contributed by atoms with Gasteiger partial charge >= 0.3 is 0 Å². The lowest BCUT2D eigenvalue weighted by Gasteiger charge is -2.32. The number of primary amides is 1. The molecule has 108 valence electrons. The minimum Gasteiger partial charge on any atom is -0.396 e. The average Bonchev–Trinajstić information content (AvgIpc) is 2.86. The number of carbonyl (C=O) groups is 2. The van der Waals surface area contributed by atoms with Gasteiger partial charge in [-0.2, -0.15) is 0 Å². The fraction of sp³-hybridized carbons (Fsp3) is 0.846. The number of carbonyl (C=O) groups excluding carboxylic acids is 2. The van der Waals surface area contributed by atoms with Gasteiger partial charge < -0.3 is 15.7 Å². The maximum absolute atomic E-state index is 12.2. The third-order valence-electron chi connectivity index (χ3n) is 4.16. The molecule has 2 saturated heterocycles. The molecule has 0 aromatic heterocycles. The van der Waals surface area contributed by atoms with Crippen LogP contribution in [0.2, 0.25) is 0 Å². The maximum atomic E-state index is 12.2. The van der Waals surface area contributed by atoms with Gasteiger partial charge in [0.05, 0.1) is 12.5 Å². The van der Waals surface area contributed by atoms with Gasteiger partial charge in [-0.25, -0.2) is 0 Å². The zero-order valence-corrected chi connectivity index (χ0v) is 11.3. The number of likely N-dealkylation sites (tertiary alicyclic amines) is 2. The summed E-state index contributed by atoms with van der Waals surface area (Å²) in [6.45, 7) is 3.42. The topological polar surface area (TPSA) is 86.9 Å². The average molecular weight is 269 g/mol. The molecule has 2 amide bonds. The number of hydrogen-bond acceptors (Lipinski definition) is 4. The van der Waals surface area contributed by atoms with Crippen LogP contribution >= 0.6 is 0 Å². The van der Waals surface area contributed by atoms with Gasteiger partial charge in [-0.3, -0.25) is 14.5 Å². The van der Waals surface area contributed by atoms with Gasteiger partial charge in [0.25, 0.3) is 0 Å². The van der Waals surface area contributed by atoms with E-state index in [1.807, 2.05) is 0 Å². The number of amides is 2. The molecule has 0 radical (unpaired) electrons. The summed E-state index contributed by atoms with van der Waals surface area (Å²) in [5, 5.41) is 9.09. The van der Waals surface area contributed by atoms with Crippen molar-refractivity contribution in [2.24, 2.45) is 17.6 Å². The monoisotopic (exact) mass is 269 g/mol. The van der Waals surface area contributed by atoms with Gasteiger partial charge in [0.1, 0.15) is 0 Å². The van der Waals surface area contributed by atoms with Crippen molar-refractivity contribution in [3.05, 3.63) is 0 Å². The summed E-state index contributed by atoms with van der Waals surface area (Å²) in [6, 6.07) is 0. The standard InChI is InChI=1S/C13H23N3O3/c14-13(19)11-2-1-4-16(7-11)12(18)8-15-5-3-10(6-15)9-17/h10-11,17H,1-9H2,(H2,14,19). The molecule has 2 atom stereocenters. The van der Waals surface area contributed by atoms with E-state index in [0.717, 1.165) is 38.9 Å². The van der Waals surface area contributed by atoms with Gasteiger partial charge in [0, 0.05) is 26.2 Å². The Hall–Kier alpha value is -1.14. The first kappa shape index (κ1) is 14.3. The number of nitrogens with zero attached hydrogens (tertiary/aromatic N) is 2. The van der Waals surface area contributed by atoms with E-state index in [4.69, 9.17) is 10.8 Å². The summed E-state index contributed by atoms with van der Waals surface area (Å²) in [7, 11) is 0. The van der Waals surface area contributed by atoms with Crippen molar-refractivity contribution in [1.82, 2.24) is 9.80 Å². The fourth-order valence-corrected chi connectivity index (χ4v) is 2.93. The summed E-state index contributed by atoms with van der Waals surface area (Å²) < 4.78 is 0. The molecule has 2 aliphatic rings. The Balaban J connectivity index is 1.81. The Kier molecular flexibility index (Phi) is 4.76. The Bertz CT molecular complexity index is 348. The number of nitrogens with two attached hydrogens (primary N) is 1. The van der Waals surface area contributed by atoms with Gasteiger partial charge in [-0.1, -0.05) is 0 Å². The van der Waals surface area contributed by atoms with Gasteiger partial charge in [0.2, 0.25) is 11.8 Å². The van der Waals surface area contributed by atoms with Crippen LogP contribution in [0.3, 0.4) is 0 Å². The molecule has 19 heavy (non-hydrogen) atoms. The SMILES string of the molecule is NC(=O)C1CCCN(C(=O)CN2CCC(CO)C2)C1. The van der Waals surface area contributed by atoms with Crippen LogP contribution in [0.4, 0.5) is 0 Å². The molecular formula is C13H23N3O3. The summed E-state index contributed by atoms with van der Waals surface area (Å²) >= 11 is 0. The first-order chi connectivity index (χ1) is 9.10. The number of hydrogen-bond donors (Lipinski definition) is 2. The fourth-order valence-electron chi connectivity index (χ4n) is 2.93. The second-order valence-corrected chi connectivity index (χ2v) is 5.65. The highest BCUT2D eigenvalue weighted by molar-refractivity contribution is 5.81. The highest BCUT2D eigenvalue weighted by Gasteiger charge is 2.29. The van der Waals surface area contributed by atoms with E-state index < -0.39 is 0 Å². The zero-order valence-electron chi connectivity index (χ0n) is 11.3.